The number of hydrogen-bond donors (Lipinski definition) is 0. The van der Waals surface area contributed by atoms with Crippen LogP contribution < -0.4 is 0 Å². The highest BCUT2D eigenvalue weighted by atomic mass is 16.3. The third-order valence-corrected chi connectivity index (χ3v) is 9.10. The topological polar surface area (TPSA) is 35.9 Å². The second kappa shape index (κ2) is 9.18. The van der Waals surface area contributed by atoms with Crippen molar-refractivity contribution in [2.45, 2.75) is 0 Å². The van der Waals surface area contributed by atoms with E-state index in [1.54, 1.807) is 0 Å². The molecule has 0 fully saturated rings. The van der Waals surface area contributed by atoms with E-state index in [4.69, 9.17) is 9.40 Å². The fourth-order valence-electron chi connectivity index (χ4n) is 7.08. The number of para-hydroxylation sites is 5. The van der Waals surface area contributed by atoms with Gasteiger partial charge in [0.2, 0.25) is 0 Å². The molecule has 0 spiro atoms. The van der Waals surface area contributed by atoms with E-state index in [0.717, 1.165) is 72.2 Å². The summed E-state index contributed by atoms with van der Waals surface area (Å²) in [6, 6.07) is 53.5. The molecule has 45 heavy (non-hydrogen) atoms. The van der Waals surface area contributed by atoms with Gasteiger partial charge in [0.05, 0.1) is 27.5 Å². The zero-order chi connectivity index (χ0) is 29.5. The lowest BCUT2D eigenvalue weighted by Gasteiger charge is -2.12. The largest absolute Gasteiger partial charge is 0.455 e. The monoisotopic (exact) mass is 575 g/mol. The number of nitrogens with zero attached hydrogens (tertiary/aromatic N) is 3. The minimum absolute atomic E-state index is 0.916. The average molecular weight is 576 g/mol. The lowest BCUT2D eigenvalue weighted by Crippen LogP contribution is -1.97. The van der Waals surface area contributed by atoms with Crippen molar-refractivity contribution in [2.24, 2.45) is 0 Å². The van der Waals surface area contributed by atoms with Crippen LogP contribution in [0.2, 0.25) is 0 Å². The summed E-state index contributed by atoms with van der Waals surface area (Å²) in [6.45, 7) is 0. The molecule has 3 heterocycles. The quantitative estimate of drug-likeness (QED) is 0.210. The number of fused-ring (bicyclic) bond motifs is 9. The zero-order valence-electron chi connectivity index (χ0n) is 24.2. The van der Waals surface area contributed by atoms with Crippen molar-refractivity contribution in [3.05, 3.63) is 152 Å². The molecule has 10 rings (SSSR count). The standard InChI is InChI=1S/C41H25N3O/c1-2-10-29(11-3-1)44-36-16-8-6-14-34(36)42-41(44)28-19-18-27-25-30(21-20-26(27)24-28)43-35-15-7-4-13-33(35)39-37(43)23-22-32-31-12-5-9-17-38(31)45-40(32)39/h1-25H. The van der Waals surface area contributed by atoms with Crippen LogP contribution in [0.3, 0.4) is 0 Å². The SMILES string of the molecule is c1ccc(-n2c(-c3ccc4cc(-n5c6ccccc6c6c7oc8ccccc8c7ccc65)ccc4c3)nc3ccccc32)cc1. The predicted octanol–water partition coefficient (Wildman–Crippen LogP) is 10.8. The third-order valence-electron chi connectivity index (χ3n) is 9.10. The Morgan fingerprint density at radius 1 is 0.467 bits per heavy atom. The molecule has 4 nitrogen and oxygen atoms in total. The highest BCUT2D eigenvalue weighted by Gasteiger charge is 2.19. The van der Waals surface area contributed by atoms with Crippen LogP contribution in [0, 0.1) is 0 Å². The predicted molar refractivity (Wildman–Crippen MR) is 186 cm³/mol. The molecule has 4 heteroatoms. The second-order valence-corrected chi connectivity index (χ2v) is 11.6. The molecule has 0 N–H and O–H groups in total. The van der Waals surface area contributed by atoms with E-state index in [1.807, 2.05) is 24.3 Å². The summed E-state index contributed by atoms with van der Waals surface area (Å²) in [5.41, 5.74) is 9.53. The summed E-state index contributed by atoms with van der Waals surface area (Å²) in [4.78, 5) is 5.08. The van der Waals surface area contributed by atoms with Crippen molar-refractivity contribution < 1.29 is 4.42 Å². The van der Waals surface area contributed by atoms with Gasteiger partial charge in [-0.25, -0.2) is 4.98 Å². The first-order valence-corrected chi connectivity index (χ1v) is 15.2. The molecule has 0 saturated carbocycles. The Hall–Kier alpha value is -6.13. The van der Waals surface area contributed by atoms with Gasteiger partial charge in [-0.1, -0.05) is 84.9 Å². The second-order valence-electron chi connectivity index (χ2n) is 11.6. The van der Waals surface area contributed by atoms with Gasteiger partial charge in [-0.3, -0.25) is 4.57 Å². The molecule has 0 saturated heterocycles. The summed E-state index contributed by atoms with van der Waals surface area (Å²) < 4.78 is 11.1. The minimum Gasteiger partial charge on any atom is -0.455 e. The molecular weight excluding hydrogens is 550 g/mol. The van der Waals surface area contributed by atoms with Crippen molar-refractivity contribution in [3.8, 4) is 22.8 Å². The van der Waals surface area contributed by atoms with Gasteiger partial charge in [-0.2, -0.15) is 0 Å². The van der Waals surface area contributed by atoms with E-state index in [-0.39, 0.29) is 0 Å². The van der Waals surface area contributed by atoms with Crippen molar-refractivity contribution in [1.29, 1.82) is 0 Å². The Morgan fingerprint density at radius 2 is 1.20 bits per heavy atom. The first kappa shape index (κ1) is 24.3. The maximum absolute atomic E-state index is 6.49. The number of benzene rings is 7. The minimum atomic E-state index is 0.916. The molecular formula is C41H25N3O. The maximum Gasteiger partial charge on any atom is 0.145 e. The van der Waals surface area contributed by atoms with Crippen molar-refractivity contribution >= 4 is 65.6 Å². The Kier molecular flexibility index (Phi) is 4.96. The summed E-state index contributed by atoms with van der Waals surface area (Å²) in [6.07, 6.45) is 0. The lowest BCUT2D eigenvalue weighted by molar-refractivity contribution is 0.673. The fraction of sp³-hybridized carbons (Fsp3) is 0. The number of rotatable bonds is 3. The van der Waals surface area contributed by atoms with Crippen LogP contribution in [-0.2, 0) is 0 Å². The fourth-order valence-corrected chi connectivity index (χ4v) is 7.08. The van der Waals surface area contributed by atoms with E-state index in [2.05, 4.69) is 137 Å². The molecule has 0 amide bonds. The maximum atomic E-state index is 6.49. The number of hydrogen-bond acceptors (Lipinski definition) is 2. The van der Waals surface area contributed by atoms with Gasteiger partial charge in [0.25, 0.3) is 0 Å². The Morgan fingerprint density at radius 3 is 2.11 bits per heavy atom. The molecule has 0 aliphatic rings. The lowest BCUT2D eigenvalue weighted by atomic mass is 10.1. The molecule has 210 valence electrons. The zero-order valence-corrected chi connectivity index (χ0v) is 24.2. The first-order chi connectivity index (χ1) is 22.3. The van der Waals surface area contributed by atoms with E-state index in [9.17, 15) is 0 Å². The molecule has 0 unspecified atom stereocenters. The van der Waals surface area contributed by atoms with Crippen LogP contribution in [0.4, 0.5) is 0 Å². The average Bonchev–Trinajstić information content (AvgIpc) is 3.78. The van der Waals surface area contributed by atoms with E-state index in [1.165, 1.54) is 16.2 Å². The Bertz CT molecular complexity index is 2760. The first-order valence-electron chi connectivity index (χ1n) is 15.2. The van der Waals surface area contributed by atoms with Gasteiger partial charge in [0.15, 0.2) is 0 Å². The summed E-state index contributed by atoms with van der Waals surface area (Å²) >= 11 is 0. The van der Waals surface area contributed by atoms with Gasteiger partial charge in [0.1, 0.15) is 17.0 Å². The van der Waals surface area contributed by atoms with Crippen molar-refractivity contribution in [2.75, 3.05) is 0 Å². The summed E-state index contributed by atoms with van der Waals surface area (Å²) in [7, 11) is 0. The molecule has 0 bridgehead atoms. The molecule has 7 aromatic carbocycles. The van der Waals surface area contributed by atoms with Crippen molar-refractivity contribution in [3.63, 3.8) is 0 Å². The van der Waals surface area contributed by atoms with E-state index < -0.39 is 0 Å². The molecule has 3 aromatic heterocycles. The molecule has 0 aliphatic carbocycles. The van der Waals surface area contributed by atoms with Gasteiger partial charge in [-0.15, -0.1) is 0 Å². The Labute approximate surface area is 258 Å². The van der Waals surface area contributed by atoms with Gasteiger partial charge in [0, 0.05) is 33.1 Å². The molecule has 0 radical (unpaired) electrons. The van der Waals surface area contributed by atoms with E-state index >= 15 is 0 Å². The number of imidazole rings is 1. The number of aromatic nitrogens is 3. The van der Waals surface area contributed by atoms with Gasteiger partial charge < -0.3 is 8.98 Å². The van der Waals surface area contributed by atoms with Crippen LogP contribution in [0.1, 0.15) is 0 Å². The van der Waals surface area contributed by atoms with Crippen LogP contribution in [0.25, 0.3) is 88.3 Å². The normalized spacial score (nSPS) is 12.0. The highest BCUT2D eigenvalue weighted by Crippen LogP contribution is 2.41. The molecule has 10 aromatic rings. The number of furan rings is 1. The summed E-state index contributed by atoms with van der Waals surface area (Å²) in [5, 5.41) is 6.97. The van der Waals surface area contributed by atoms with Crippen LogP contribution in [0.15, 0.2) is 156 Å². The van der Waals surface area contributed by atoms with Crippen LogP contribution in [-0.4, -0.2) is 14.1 Å². The highest BCUT2D eigenvalue weighted by molar-refractivity contribution is 6.23. The van der Waals surface area contributed by atoms with Gasteiger partial charge in [-0.05, 0) is 77.5 Å². The van der Waals surface area contributed by atoms with E-state index in [0.29, 0.717) is 0 Å². The van der Waals surface area contributed by atoms with Crippen LogP contribution in [0.5, 0.6) is 0 Å². The molecule has 0 atom stereocenters. The smallest absolute Gasteiger partial charge is 0.145 e. The van der Waals surface area contributed by atoms with Crippen molar-refractivity contribution in [1.82, 2.24) is 14.1 Å². The van der Waals surface area contributed by atoms with Crippen LogP contribution >= 0.6 is 0 Å². The third kappa shape index (κ3) is 3.51. The van der Waals surface area contributed by atoms with Gasteiger partial charge >= 0.3 is 0 Å². The Balaban J connectivity index is 1.17. The molecule has 0 aliphatic heterocycles. The summed E-state index contributed by atoms with van der Waals surface area (Å²) in [5.74, 6) is 0.936.